The number of benzene rings is 2. The van der Waals surface area contributed by atoms with Gasteiger partial charge in [0.2, 0.25) is 0 Å². The maximum atomic E-state index is 12.7. The van der Waals surface area contributed by atoms with Crippen LogP contribution < -0.4 is 10.6 Å². The monoisotopic (exact) mass is 394 g/mol. The smallest absolute Gasteiger partial charge is 0.265 e. The Kier molecular flexibility index (Phi) is 5.51. The molecule has 6 heteroatoms. The minimum Gasteiger partial charge on any atom is -0.506 e. The highest BCUT2D eigenvalue weighted by Crippen LogP contribution is 2.31. The molecule has 3 rings (SSSR count). The highest BCUT2D eigenvalue weighted by atomic mass is 32.1. The van der Waals surface area contributed by atoms with Crippen LogP contribution in [-0.4, -0.2) is 16.9 Å². The summed E-state index contributed by atoms with van der Waals surface area (Å²) >= 11 is 1.35. The Balaban J connectivity index is 1.77. The van der Waals surface area contributed by atoms with E-state index in [1.54, 1.807) is 42.5 Å². The molecule has 28 heavy (non-hydrogen) atoms. The third kappa shape index (κ3) is 4.58. The van der Waals surface area contributed by atoms with E-state index in [0.29, 0.717) is 21.8 Å². The molecule has 144 valence electrons. The molecule has 5 nitrogen and oxygen atoms in total. The lowest BCUT2D eigenvalue weighted by Gasteiger charge is -2.20. The summed E-state index contributed by atoms with van der Waals surface area (Å²) < 4.78 is 0. The van der Waals surface area contributed by atoms with Crippen molar-refractivity contribution < 1.29 is 14.7 Å². The average Bonchev–Trinajstić information content (AvgIpc) is 3.17. The van der Waals surface area contributed by atoms with E-state index < -0.39 is 0 Å². The van der Waals surface area contributed by atoms with E-state index >= 15 is 0 Å². The van der Waals surface area contributed by atoms with Crippen LogP contribution in [0, 0.1) is 0 Å². The molecule has 0 saturated heterocycles. The summed E-state index contributed by atoms with van der Waals surface area (Å²) in [5, 5.41) is 17.5. The molecule has 0 bridgehead atoms. The van der Waals surface area contributed by atoms with Gasteiger partial charge in [0.25, 0.3) is 11.8 Å². The van der Waals surface area contributed by atoms with Gasteiger partial charge < -0.3 is 15.7 Å². The molecular weight excluding hydrogens is 372 g/mol. The number of phenols is 1. The van der Waals surface area contributed by atoms with Crippen LogP contribution in [0.4, 0.5) is 11.4 Å². The summed E-state index contributed by atoms with van der Waals surface area (Å²) in [7, 11) is 0. The first-order valence-electron chi connectivity index (χ1n) is 8.84. The summed E-state index contributed by atoms with van der Waals surface area (Å²) in [6.07, 6.45) is 0. The van der Waals surface area contributed by atoms with Crippen molar-refractivity contribution in [1.29, 1.82) is 0 Å². The van der Waals surface area contributed by atoms with Crippen molar-refractivity contribution in [3.8, 4) is 5.75 Å². The number of phenolic OH excluding ortho intramolecular Hbond substituents is 1. The number of carbonyl (C=O) groups is 2. The normalized spacial score (nSPS) is 11.1. The van der Waals surface area contributed by atoms with Gasteiger partial charge in [-0.2, -0.15) is 0 Å². The Morgan fingerprint density at radius 3 is 2.39 bits per heavy atom. The Morgan fingerprint density at radius 1 is 0.929 bits per heavy atom. The fourth-order valence-electron chi connectivity index (χ4n) is 2.64. The molecule has 0 spiro atoms. The Labute approximate surface area is 168 Å². The van der Waals surface area contributed by atoms with E-state index in [1.165, 1.54) is 11.3 Å². The SMILES string of the molecule is CC(C)(C)c1ccc(O)c(NC(=O)c2cccc(NC(=O)c3cccs3)c2)c1. The zero-order valence-electron chi connectivity index (χ0n) is 15.9. The number of rotatable bonds is 4. The number of hydrogen-bond donors (Lipinski definition) is 3. The molecule has 0 fully saturated rings. The van der Waals surface area contributed by atoms with Crippen molar-refractivity contribution in [2.24, 2.45) is 0 Å². The zero-order valence-corrected chi connectivity index (χ0v) is 16.8. The fraction of sp³-hybridized carbons (Fsp3) is 0.182. The van der Waals surface area contributed by atoms with Crippen LogP contribution >= 0.6 is 11.3 Å². The Morgan fingerprint density at radius 2 is 1.71 bits per heavy atom. The zero-order chi connectivity index (χ0) is 20.3. The van der Waals surface area contributed by atoms with Crippen molar-refractivity contribution in [2.45, 2.75) is 26.2 Å². The predicted octanol–water partition coefficient (Wildman–Crippen LogP) is 5.26. The maximum Gasteiger partial charge on any atom is 0.265 e. The van der Waals surface area contributed by atoms with Gasteiger partial charge >= 0.3 is 0 Å². The van der Waals surface area contributed by atoms with Gasteiger partial charge in [0.05, 0.1) is 10.6 Å². The van der Waals surface area contributed by atoms with Gasteiger partial charge in [0.1, 0.15) is 5.75 Å². The summed E-state index contributed by atoms with van der Waals surface area (Å²) in [6, 6.07) is 15.4. The molecule has 3 aromatic rings. The third-order valence-electron chi connectivity index (χ3n) is 4.24. The predicted molar refractivity (Wildman–Crippen MR) is 113 cm³/mol. The van der Waals surface area contributed by atoms with Gasteiger partial charge in [0.15, 0.2) is 0 Å². The van der Waals surface area contributed by atoms with Gasteiger partial charge in [-0.25, -0.2) is 0 Å². The Bertz CT molecular complexity index is 1000. The number of nitrogens with one attached hydrogen (secondary N) is 2. The van der Waals surface area contributed by atoms with Crippen LogP contribution in [-0.2, 0) is 5.41 Å². The van der Waals surface area contributed by atoms with Gasteiger partial charge in [-0.15, -0.1) is 11.3 Å². The van der Waals surface area contributed by atoms with E-state index in [1.807, 2.05) is 17.5 Å². The molecule has 0 unspecified atom stereocenters. The number of hydrogen-bond acceptors (Lipinski definition) is 4. The lowest BCUT2D eigenvalue weighted by molar-refractivity contribution is 0.101. The van der Waals surface area contributed by atoms with Crippen LogP contribution in [0.3, 0.4) is 0 Å². The molecule has 1 heterocycles. The number of anilines is 2. The molecule has 2 amide bonds. The van der Waals surface area contributed by atoms with Gasteiger partial charge in [-0.05, 0) is 52.8 Å². The first kappa shape index (κ1) is 19.6. The van der Waals surface area contributed by atoms with Crippen LogP contribution in [0.5, 0.6) is 5.75 Å². The van der Waals surface area contributed by atoms with Crippen molar-refractivity contribution in [2.75, 3.05) is 10.6 Å². The van der Waals surface area contributed by atoms with Crippen molar-refractivity contribution in [3.05, 3.63) is 76.0 Å². The number of aromatic hydroxyl groups is 1. The second-order valence-corrected chi connectivity index (χ2v) is 8.40. The number of amides is 2. The fourth-order valence-corrected chi connectivity index (χ4v) is 3.25. The van der Waals surface area contributed by atoms with Crippen LogP contribution in [0.25, 0.3) is 0 Å². The van der Waals surface area contributed by atoms with Gasteiger partial charge in [-0.3, -0.25) is 9.59 Å². The van der Waals surface area contributed by atoms with E-state index in [0.717, 1.165) is 5.56 Å². The van der Waals surface area contributed by atoms with Gasteiger partial charge in [-0.1, -0.05) is 39.0 Å². The molecule has 3 N–H and O–H groups in total. The standard InChI is InChI=1S/C22H22N2O3S/c1-22(2,3)15-9-10-18(25)17(13-15)24-20(26)14-6-4-7-16(12-14)23-21(27)19-8-5-11-28-19/h4-13,25H,1-3H3,(H,23,27)(H,24,26). The molecule has 0 aliphatic rings. The molecule has 1 aromatic heterocycles. The molecule has 0 saturated carbocycles. The van der Waals surface area contributed by atoms with Crippen molar-refractivity contribution >= 4 is 34.5 Å². The van der Waals surface area contributed by atoms with Crippen LogP contribution in [0.1, 0.15) is 46.4 Å². The minimum absolute atomic E-state index is 0.00324. The molecule has 0 atom stereocenters. The summed E-state index contributed by atoms with van der Waals surface area (Å²) in [6.45, 7) is 6.18. The second-order valence-electron chi connectivity index (χ2n) is 7.45. The summed E-state index contributed by atoms with van der Waals surface area (Å²) in [4.78, 5) is 25.4. The highest BCUT2D eigenvalue weighted by Gasteiger charge is 2.17. The highest BCUT2D eigenvalue weighted by molar-refractivity contribution is 7.12. The van der Waals surface area contributed by atoms with Crippen molar-refractivity contribution in [3.63, 3.8) is 0 Å². The lowest BCUT2D eigenvalue weighted by Crippen LogP contribution is -2.15. The molecule has 0 aliphatic carbocycles. The molecule has 2 aromatic carbocycles. The molecule has 0 aliphatic heterocycles. The van der Waals surface area contributed by atoms with Crippen molar-refractivity contribution in [1.82, 2.24) is 0 Å². The quantitative estimate of drug-likeness (QED) is 0.529. The van der Waals surface area contributed by atoms with Gasteiger partial charge in [0, 0.05) is 11.3 Å². The maximum absolute atomic E-state index is 12.7. The Hall–Kier alpha value is -3.12. The lowest BCUT2D eigenvalue weighted by atomic mass is 9.87. The molecular formula is C22H22N2O3S. The minimum atomic E-state index is -0.367. The summed E-state index contributed by atoms with van der Waals surface area (Å²) in [5.74, 6) is -0.583. The average molecular weight is 394 g/mol. The largest absolute Gasteiger partial charge is 0.506 e. The first-order valence-corrected chi connectivity index (χ1v) is 9.72. The van der Waals surface area contributed by atoms with E-state index in [9.17, 15) is 14.7 Å². The molecule has 0 radical (unpaired) electrons. The van der Waals surface area contributed by atoms with Crippen LogP contribution in [0.15, 0.2) is 60.0 Å². The van der Waals surface area contributed by atoms with E-state index in [2.05, 4.69) is 31.4 Å². The van der Waals surface area contributed by atoms with E-state index in [4.69, 9.17) is 0 Å². The van der Waals surface area contributed by atoms with E-state index in [-0.39, 0.29) is 23.0 Å². The number of thiophene rings is 1. The third-order valence-corrected chi connectivity index (χ3v) is 5.11. The summed E-state index contributed by atoms with van der Waals surface area (Å²) in [5.41, 5.74) is 2.14. The topological polar surface area (TPSA) is 78.4 Å². The number of carbonyl (C=O) groups excluding carboxylic acids is 2. The first-order chi connectivity index (χ1) is 13.2. The second kappa shape index (κ2) is 7.86. The van der Waals surface area contributed by atoms with Crippen LogP contribution in [0.2, 0.25) is 0 Å².